The fourth-order valence-electron chi connectivity index (χ4n) is 1.50. The van der Waals surface area contributed by atoms with Gasteiger partial charge in [-0.25, -0.2) is 0 Å². The molecule has 0 nitrogen and oxygen atoms in total. The molecule has 0 saturated carbocycles. The largest absolute Gasteiger partial charge is 0.152 e. The molecule has 0 unspecified atom stereocenters. The number of hydrogen-bond acceptors (Lipinski definition) is 1. The zero-order valence-corrected chi connectivity index (χ0v) is 14.3. The molecule has 0 atom stereocenters. The van der Waals surface area contributed by atoms with Crippen LogP contribution in [0.2, 0.25) is 0 Å². The summed E-state index contributed by atoms with van der Waals surface area (Å²) in [5.41, 5.74) is 2.87. The van der Waals surface area contributed by atoms with E-state index in [1.807, 2.05) is 11.8 Å². The van der Waals surface area contributed by atoms with E-state index in [2.05, 4.69) is 93.7 Å². The van der Waals surface area contributed by atoms with Crippen molar-refractivity contribution < 1.29 is 0 Å². The van der Waals surface area contributed by atoms with Crippen LogP contribution in [0.3, 0.4) is 0 Å². The summed E-state index contributed by atoms with van der Waals surface area (Å²) in [5, 5.41) is 0. The van der Waals surface area contributed by atoms with Crippen LogP contribution in [0.25, 0.3) is 0 Å². The Morgan fingerprint density at radius 1 is 0.706 bits per heavy atom. The van der Waals surface area contributed by atoms with Crippen LogP contribution in [0, 0.1) is 7.14 Å². The van der Waals surface area contributed by atoms with Gasteiger partial charge in [0.1, 0.15) is 0 Å². The quantitative estimate of drug-likeness (QED) is 0.550. The van der Waals surface area contributed by atoms with Crippen LogP contribution >= 0.6 is 56.9 Å². The lowest BCUT2D eigenvalue weighted by atomic mass is 10.2. The van der Waals surface area contributed by atoms with Gasteiger partial charge in [-0.1, -0.05) is 36.4 Å². The summed E-state index contributed by atoms with van der Waals surface area (Å²) in [7, 11) is 0. The summed E-state index contributed by atoms with van der Waals surface area (Å²) in [5.74, 6) is 2.17. The van der Waals surface area contributed by atoms with Crippen molar-refractivity contribution in [1.82, 2.24) is 0 Å². The minimum atomic E-state index is 1.09. The van der Waals surface area contributed by atoms with Crippen molar-refractivity contribution in [3.05, 3.63) is 66.8 Å². The first-order chi connectivity index (χ1) is 8.27. The van der Waals surface area contributed by atoms with Gasteiger partial charge in [-0.3, -0.25) is 0 Å². The smallest absolute Gasteiger partial charge is 0.0198 e. The molecule has 0 radical (unpaired) electrons. The average molecular weight is 466 g/mol. The van der Waals surface area contributed by atoms with E-state index >= 15 is 0 Å². The van der Waals surface area contributed by atoms with E-state index < -0.39 is 0 Å². The summed E-state index contributed by atoms with van der Waals surface area (Å²) in [6.45, 7) is 0. The van der Waals surface area contributed by atoms with Crippen molar-refractivity contribution in [2.75, 3.05) is 0 Å². The van der Waals surface area contributed by atoms with Crippen LogP contribution in [-0.2, 0) is 11.5 Å². The van der Waals surface area contributed by atoms with Crippen LogP contribution in [0.1, 0.15) is 11.1 Å². The molecule has 0 fully saturated rings. The molecule has 0 aliphatic carbocycles. The van der Waals surface area contributed by atoms with E-state index in [1.165, 1.54) is 18.3 Å². The van der Waals surface area contributed by atoms with E-state index in [0.29, 0.717) is 0 Å². The third kappa shape index (κ3) is 4.13. The lowest BCUT2D eigenvalue weighted by molar-refractivity contribution is 1.33. The van der Waals surface area contributed by atoms with Gasteiger partial charge in [-0.15, -0.1) is 0 Å². The number of benzene rings is 2. The van der Waals surface area contributed by atoms with Crippen LogP contribution in [-0.4, -0.2) is 0 Å². The van der Waals surface area contributed by atoms with Gasteiger partial charge in [-0.2, -0.15) is 11.8 Å². The van der Waals surface area contributed by atoms with Crippen LogP contribution < -0.4 is 0 Å². The predicted octanol–water partition coefficient (Wildman–Crippen LogP) is 5.33. The highest BCUT2D eigenvalue weighted by atomic mass is 127. The molecule has 88 valence electrons. The lowest BCUT2D eigenvalue weighted by Crippen LogP contribution is -1.88. The maximum Gasteiger partial charge on any atom is 0.0198 e. The van der Waals surface area contributed by atoms with Crippen molar-refractivity contribution in [3.8, 4) is 0 Å². The molecule has 0 amide bonds. The Morgan fingerprint density at radius 2 is 1.12 bits per heavy atom. The topological polar surface area (TPSA) is 0 Å². The van der Waals surface area contributed by atoms with E-state index in [0.717, 1.165) is 11.5 Å². The van der Waals surface area contributed by atoms with Crippen LogP contribution in [0.5, 0.6) is 0 Å². The van der Waals surface area contributed by atoms with Crippen molar-refractivity contribution in [1.29, 1.82) is 0 Å². The van der Waals surface area contributed by atoms with Gasteiger partial charge in [0.05, 0.1) is 0 Å². The highest BCUT2D eigenvalue weighted by Gasteiger charge is 2.01. The molecule has 0 aliphatic heterocycles. The van der Waals surface area contributed by atoms with Gasteiger partial charge in [-0.05, 0) is 68.4 Å². The molecule has 17 heavy (non-hydrogen) atoms. The Morgan fingerprint density at radius 3 is 1.53 bits per heavy atom. The molecule has 0 N–H and O–H groups in total. The fraction of sp³-hybridized carbons (Fsp3) is 0.143. The Bertz CT molecular complexity index is 452. The van der Waals surface area contributed by atoms with Crippen molar-refractivity contribution in [3.63, 3.8) is 0 Å². The Kier molecular flexibility index (Phi) is 5.62. The monoisotopic (exact) mass is 466 g/mol. The number of thioether (sulfide) groups is 1. The second kappa shape index (κ2) is 6.99. The van der Waals surface area contributed by atoms with Gasteiger partial charge in [0.25, 0.3) is 0 Å². The van der Waals surface area contributed by atoms with E-state index in [1.54, 1.807) is 0 Å². The van der Waals surface area contributed by atoms with Crippen LogP contribution in [0.4, 0.5) is 0 Å². The molecule has 0 aromatic heterocycles. The number of hydrogen-bond donors (Lipinski definition) is 0. The molecule has 2 rings (SSSR count). The zero-order chi connectivity index (χ0) is 12.1. The van der Waals surface area contributed by atoms with E-state index in [4.69, 9.17) is 0 Å². The molecule has 0 heterocycles. The van der Waals surface area contributed by atoms with Crippen molar-refractivity contribution in [2.45, 2.75) is 11.5 Å². The van der Waals surface area contributed by atoms with E-state index in [-0.39, 0.29) is 0 Å². The summed E-state index contributed by atoms with van der Waals surface area (Å²) in [6, 6.07) is 17.2. The summed E-state index contributed by atoms with van der Waals surface area (Å²) < 4.78 is 2.72. The average Bonchev–Trinajstić information content (AvgIpc) is 2.34. The minimum Gasteiger partial charge on any atom is -0.152 e. The third-order valence-electron chi connectivity index (χ3n) is 2.43. The van der Waals surface area contributed by atoms with Gasteiger partial charge in [0, 0.05) is 18.6 Å². The van der Waals surface area contributed by atoms with Gasteiger partial charge < -0.3 is 0 Å². The first kappa shape index (κ1) is 13.7. The molecule has 0 spiro atoms. The first-order valence-corrected chi connectivity index (χ1v) is 8.63. The second-order valence-corrected chi connectivity index (χ2v) is 6.99. The van der Waals surface area contributed by atoms with Crippen molar-refractivity contribution >= 4 is 56.9 Å². The Hall–Kier alpha value is 0.250. The van der Waals surface area contributed by atoms with Crippen molar-refractivity contribution in [2.24, 2.45) is 0 Å². The molecule has 3 heteroatoms. The predicted molar refractivity (Wildman–Crippen MR) is 93.3 cm³/mol. The molecule has 2 aromatic rings. The Labute approximate surface area is 134 Å². The maximum absolute atomic E-state index is 2.41. The SMILES string of the molecule is Ic1ccccc1CSCc1ccccc1I. The second-order valence-electron chi connectivity index (χ2n) is 3.68. The molecule has 0 bridgehead atoms. The number of rotatable bonds is 4. The molecule has 0 aliphatic rings. The van der Waals surface area contributed by atoms with Gasteiger partial charge in [0.2, 0.25) is 0 Å². The summed E-state index contributed by atoms with van der Waals surface area (Å²) in [4.78, 5) is 0. The maximum atomic E-state index is 2.41. The summed E-state index contributed by atoms with van der Waals surface area (Å²) in [6.07, 6.45) is 0. The first-order valence-electron chi connectivity index (χ1n) is 5.32. The lowest BCUT2D eigenvalue weighted by Gasteiger charge is -2.06. The number of halogens is 2. The molecular weight excluding hydrogens is 454 g/mol. The van der Waals surface area contributed by atoms with E-state index in [9.17, 15) is 0 Å². The highest BCUT2D eigenvalue weighted by Crippen LogP contribution is 2.23. The normalized spacial score (nSPS) is 10.5. The zero-order valence-electron chi connectivity index (χ0n) is 9.20. The fourth-order valence-corrected chi connectivity index (χ4v) is 4.22. The highest BCUT2D eigenvalue weighted by molar-refractivity contribution is 14.1. The molecule has 2 aromatic carbocycles. The molecular formula is C14H12I2S. The third-order valence-corrected chi connectivity index (χ3v) is 5.57. The summed E-state index contributed by atoms with van der Waals surface area (Å²) >= 11 is 6.79. The van der Waals surface area contributed by atoms with Crippen LogP contribution in [0.15, 0.2) is 48.5 Å². The molecule has 0 saturated heterocycles. The Balaban J connectivity index is 1.93. The van der Waals surface area contributed by atoms with Gasteiger partial charge in [0.15, 0.2) is 0 Å². The van der Waals surface area contributed by atoms with Gasteiger partial charge >= 0.3 is 0 Å². The minimum absolute atomic E-state index is 1.09. The standard InChI is InChI=1S/C14H12I2S/c15-13-7-3-1-5-11(13)9-17-10-12-6-2-4-8-14(12)16/h1-8H,9-10H2.